The van der Waals surface area contributed by atoms with Crippen LogP contribution in [0.4, 0.5) is 5.69 Å². The highest BCUT2D eigenvalue weighted by atomic mass is 32.2. The number of nitrogens with one attached hydrogen (secondary N) is 1. The molecule has 4 aromatic rings. The molecule has 2 aromatic carbocycles. The summed E-state index contributed by atoms with van der Waals surface area (Å²) < 4.78 is 26.4. The van der Waals surface area contributed by atoms with Gasteiger partial charge < -0.3 is 9.88 Å². The Hall–Kier alpha value is -3.85. The van der Waals surface area contributed by atoms with E-state index in [1.807, 2.05) is 24.3 Å². The van der Waals surface area contributed by atoms with Crippen LogP contribution in [0.15, 0.2) is 78.1 Å². The van der Waals surface area contributed by atoms with Gasteiger partial charge in [-0.05, 0) is 48.7 Å². The molecular formula is C25H23N5O3S. The predicted molar refractivity (Wildman–Crippen MR) is 129 cm³/mol. The van der Waals surface area contributed by atoms with E-state index in [9.17, 15) is 13.2 Å². The third-order valence-corrected chi connectivity index (χ3v) is 6.89. The van der Waals surface area contributed by atoms with Crippen LogP contribution in [0.1, 0.15) is 29.4 Å². The molecule has 2 aromatic heterocycles. The van der Waals surface area contributed by atoms with Crippen molar-refractivity contribution in [1.82, 2.24) is 19.7 Å². The summed E-state index contributed by atoms with van der Waals surface area (Å²) in [6, 6.07) is 18.3. The second-order valence-corrected chi connectivity index (χ2v) is 10.3. The summed E-state index contributed by atoms with van der Waals surface area (Å²) in [4.78, 5) is 17.3. The van der Waals surface area contributed by atoms with E-state index in [2.05, 4.69) is 25.1 Å². The van der Waals surface area contributed by atoms with E-state index >= 15 is 0 Å². The highest BCUT2D eigenvalue weighted by Crippen LogP contribution is 2.37. The zero-order chi connectivity index (χ0) is 23.7. The number of nitrogens with zero attached hydrogens (tertiary/aromatic N) is 4. The first-order valence-electron chi connectivity index (χ1n) is 10.9. The predicted octanol–water partition coefficient (Wildman–Crippen LogP) is 4.04. The Kier molecular flexibility index (Phi) is 5.70. The van der Waals surface area contributed by atoms with Gasteiger partial charge in [-0.25, -0.2) is 8.42 Å². The number of rotatable bonds is 8. The molecule has 1 aliphatic rings. The Labute approximate surface area is 197 Å². The third kappa shape index (κ3) is 4.60. The second-order valence-electron chi connectivity index (χ2n) is 8.35. The average Bonchev–Trinajstić information content (AvgIpc) is 3.58. The van der Waals surface area contributed by atoms with E-state index < -0.39 is 9.84 Å². The van der Waals surface area contributed by atoms with E-state index in [-0.39, 0.29) is 22.9 Å². The maximum absolute atomic E-state index is 12.9. The largest absolute Gasteiger partial charge is 0.377 e. The minimum absolute atomic E-state index is 0.0446. The molecule has 5 rings (SSSR count). The lowest BCUT2D eigenvalue weighted by Gasteiger charge is -2.10. The summed E-state index contributed by atoms with van der Waals surface area (Å²) >= 11 is 0. The molecule has 0 bridgehead atoms. The average molecular weight is 474 g/mol. The van der Waals surface area contributed by atoms with Crippen LogP contribution in [0.3, 0.4) is 0 Å². The minimum Gasteiger partial charge on any atom is -0.377 e. The lowest BCUT2D eigenvalue weighted by Crippen LogP contribution is -2.15. The Morgan fingerprint density at radius 1 is 1.06 bits per heavy atom. The maximum Gasteiger partial charge on any atom is 0.200 e. The number of anilines is 1. The number of sulfone groups is 1. The summed E-state index contributed by atoms with van der Waals surface area (Å²) in [6.07, 6.45) is 6.73. The van der Waals surface area contributed by atoms with E-state index in [4.69, 9.17) is 0 Å². The van der Waals surface area contributed by atoms with E-state index in [0.29, 0.717) is 17.2 Å². The Balaban J connectivity index is 1.33. The van der Waals surface area contributed by atoms with Gasteiger partial charge in [-0.1, -0.05) is 30.3 Å². The van der Waals surface area contributed by atoms with Crippen LogP contribution in [0.5, 0.6) is 0 Å². The van der Waals surface area contributed by atoms with Crippen LogP contribution in [-0.4, -0.2) is 46.8 Å². The molecule has 0 aliphatic heterocycles. The molecule has 0 radical (unpaired) electrons. The minimum atomic E-state index is -3.42. The first-order chi connectivity index (χ1) is 16.4. The van der Waals surface area contributed by atoms with Gasteiger partial charge in [0.1, 0.15) is 12.0 Å². The Morgan fingerprint density at radius 2 is 1.88 bits per heavy atom. The number of aromatic nitrogens is 4. The molecule has 9 heteroatoms. The highest BCUT2D eigenvalue weighted by Gasteiger charge is 2.26. The first kappa shape index (κ1) is 22.0. The molecular weight excluding hydrogens is 450 g/mol. The monoisotopic (exact) mass is 473 g/mol. The molecule has 1 aliphatic carbocycles. The van der Waals surface area contributed by atoms with Crippen LogP contribution in [0.25, 0.3) is 22.5 Å². The molecule has 0 spiro atoms. The molecule has 8 nitrogen and oxygen atoms in total. The maximum atomic E-state index is 12.9. The van der Waals surface area contributed by atoms with Crippen LogP contribution >= 0.6 is 0 Å². The SMILES string of the molecule is CS(=O)(=O)c1ccccc1-c1ccnc(C(=O)CNc2cccc(-c3nncn3C3CC3)c2)c1. The molecule has 1 saturated carbocycles. The molecule has 0 saturated heterocycles. The van der Waals surface area contributed by atoms with Crippen LogP contribution in [0, 0.1) is 0 Å². The van der Waals surface area contributed by atoms with Gasteiger partial charge in [-0.15, -0.1) is 10.2 Å². The number of carbonyl (C=O) groups excluding carboxylic acids is 1. The number of pyridine rings is 1. The lowest BCUT2D eigenvalue weighted by atomic mass is 10.1. The van der Waals surface area contributed by atoms with Gasteiger partial charge in [0.15, 0.2) is 21.4 Å². The smallest absolute Gasteiger partial charge is 0.200 e. The zero-order valence-electron chi connectivity index (χ0n) is 18.5. The number of ketones is 1. The highest BCUT2D eigenvalue weighted by molar-refractivity contribution is 7.90. The number of Topliss-reactive ketones (excluding diaryl/α,β-unsaturated/α-hetero) is 1. The van der Waals surface area contributed by atoms with Gasteiger partial charge in [-0.3, -0.25) is 9.78 Å². The summed E-state index contributed by atoms with van der Waals surface area (Å²) in [5.41, 5.74) is 3.15. The van der Waals surface area contributed by atoms with Gasteiger partial charge in [0.25, 0.3) is 0 Å². The van der Waals surface area contributed by atoms with Crippen LogP contribution < -0.4 is 5.32 Å². The topological polar surface area (TPSA) is 107 Å². The van der Waals surface area contributed by atoms with Gasteiger partial charge in [0.2, 0.25) is 0 Å². The van der Waals surface area contributed by atoms with Gasteiger partial charge in [0, 0.05) is 35.3 Å². The normalized spacial score (nSPS) is 13.6. The summed E-state index contributed by atoms with van der Waals surface area (Å²) in [6.45, 7) is 0.0446. The molecule has 0 atom stereocenters. The first-order valence-corrected chi connectivity index (χ1v) is 12.8. The molecule has 34 heavy (non-hydrogen) atoms. The van der Waals surface area contributed by atoms with Crippen molar-refractivity contribution >= 4 is 21.3 Å². The van der Waals surface area contributed by atoms with Crippen molar-refractivity contribution in [3.8, 4) is 22.5 Å². The van der Waals surface area contributed by atoms with Crippen molar-refractivity contribution in [2.45, 2.75) is 23.8 Å². The second kappa shape index (κ2) is 8.83. The number of hydrogen-bond donors (Lipinski definition) is 1. The summed E-state index contributed by atoms with van der Waals surface area (Å²) in [7, 11) is -3.42. The van der Waals surface area contributed by atoms with Crippen molar-refractivity contribution in [3.63, 3.8) is 0 Å². The molecule has 172 valence electrons. The van der Waals surface area contributed by atoms with Crippen LogP contribution in [0.2, 0.25) is 0 Å². The van der Waals surface area contributed by atoms with Gasteiger partial charge in [0.05, 0.1) is 11.4 Å². The third-order valence-electron chi connectivity index (χ3n) is 5.73. The van der Waals surface area contributed by atoms with Crippen molar-refractivity contribution in [1.29, 1.82) is 0 Å². The Bertz CT molecular complexity index is 1480. The van der Waals surface area contributed by atoms with Crippen LogP contribution in [-0.2, 0) is 9.84 Å². The number of hydrogen-bond acceptors (Lipinski definition) is 7. The number of carbonyl (C=O) groups is 1. The van der Waals surface area contributed by atoms with Gasteiger partial charge >= 0.3 is 0 Å². The summed E-state index contributed by atoms with van der Waals surface area (Å²) in [5, 5.41) is 11.5. The fourth-order valence-corrected chi connectivity index (χ4v) is 4.80. The van der Waals surface area contributed by atoms with E-state index in [1.54, 1.807) is 42.7 Å². The number of benzene rings is 2. The fourth-order valence-electron chi connectivity index (χ4n) is 3.89. The van der Waals surface area contributed by atoms with Crippen molar-refractivity contribution in [2.24, 2.45) is 0 Å². The zero-order valence-corrected chi connectivity index (χ0v) is 19.4. The molecule has 0 unspecified atom stereocenters. The van der Waals surface area contributed by atoms with Crippen molar-refractivity contribution in [2.75, 3.05) is 18.1 Å². The molecule has 1 N–H and O–H groups in total. The van der Waals surface area contributed by atoms with Crippen molar-refractivity contribution < 1.29 is 13.2 Å². The van der Waals surface area contributed by atoms with E-state index in [1.165, 1.54) is 12.5 Å². The van der Waals surface area contributed by atoms with Crippen molar-refractivity contribution in [3.05, 3.63) is 78.9 Å². The van der Waals surface area contributed by atoms with Gasteiger partial charge in [-0.2, -0.15) is 0 Å². The molecule has 2 heterocycles. The van der Waals surface area contributed by atoms with E-state index in [0.717, 1.165) is 29.9 Å². The fraction of sp³-hybridized carbons (Fsp3) is 0.200. The standard InChI is InChI=1S/C25H23N5O3S/c1-34(32,33)24-8-3-2-7-21(24)17-11-12-26-22(14-17)23(31)15-27-19-6-4-5-18(13-19)25-29-28-16-30(25)20-9-10-20/h2-8,11-14,16,20,27H,9-10,15H2,1H3. The molecule has 0 amide bonds. The quantitative estimate of drug-likeness (QED) is 0.385. The lowest BCUT2D eigenvalue weighted by molar-refractivity contribution is 0.100. The summed E-state index contributed by atoms with van der Waals surface area (Å²) in [5.74, 6) is 0.613. The Morgan fingerprint density at radius 3 is 2.68 bits per heavy atom. The molecule has 1 fully saturated rings.